The minimum Gasteiger partial charge on any atom is -0.486 e. The zero-order valence-electron chi connectivity index (χ0n) is 11.7. The number of aromatic nitrogens is 1. The molecule has 2 heterocycles. The number of hydrogen-bond donors (Lipinski definition) is 1. The highest BCUT2D eigenvalue weighted by Gasteiger charge is 2.36. The topological polar surface area (TPSA) is 85.4 Å². The normalized spacial score (nSPS) is 18.9. The van der Waals surface area contributed by atoms with Crippen LogP contribution in [0.5, 0.6) is 0 Å². The summed E-state index contributed by atoms with van der Waals surface area (Å²) in [5.41, 5.74) is 0. The maximum atomic E-state index is 12.2. The van der Waals surface area contributed by atoms with Crippen molar-refractivity contribution in [1.82, 2.24) is 4.98 Å². The summed E-state index contributed by atoms with van der Waals surface area (Å²) in [6.07, 6.45) is 3.66. The van der Waals surface area contributed by atoms with Gasteiger partial charge in [-0.25, -0.2) is 13.4 Å². The highest BCUT2D eigenvalue weighted by Crippen LogP contribution is 2.41. The predicted octanol–water partition coefficient (Wildman–Crippen LogP) is 2.23. The summed E-state index contributed by atoms with van der Waals surface area (Å²) in [4.78, 5) is 16.3. The Morgan fingerprint density at radius 3 is 2.90 bits per heavy atom. The summed E-state index contributed by atoms with van der Waals surface area (Å²) >= 11 is 2.47. The number of nitrogens with zero attached hydrogens (tertiary/aromatic N) is 1. The molecule has 1 aliphatic heterocycles. The number of thioether (sulfide) groups is 1. The van der Waals surface area contributed by atoms with Gasteiger partial charge in [-0.3, -0.25) is 4.79 Å². The van der Waals surface area contributed by atoms with Crippen LogP contribution in [-0.2, 0) is 19.4 Å². The summed E-state index contributed by atoms with van der Waals surface area (Å²) in [5.74, 6) is -0.258. The monoisotopic (exact) mass is 348 g/mol. The Bertz CT molecular complexity index is 637. The van der Waals surface area contributed by atoms with Crippen LogP contribution < -0.4 is 5.32 Å². The maximum absolute atomic E-state index is 12.2. The summed E-state index contributed by atoms with van der Waals surface area (Å²) in [7, 11) is -3.37. The number of amides is 1. The molecule has 1 N–H and O–H groups in total. The largest absolute Gasteiger partial charge is 0.486 e. The standard InChI is InChI=1S/C12H16N2O4S3/c1-3-5-18-11-9(21(2,16)17)7-8(20-11)10(15)14-12-13-4-6-19-12/h4,6,8H,3,5,7H2,1-2H3,(H,13,14,15). The molecule has 0 radical (unpaired) electrons. The number of allylic oxidation sites excluding steroid dienone is 1. The molecular weight excluding hydrogens is 332 g/mol. The van der Waals surface area contributed by atoms with Crippen molar-refractivity contribution in [1.29, 1.82) is 0 Å². The predicted molar refractivity (Wildman–Crippen MR) is 84.9 cm³/mol. The molecule has 1 unspecified atom stereocenters. The van der Waals surface area contributed by atoms with Crippen molar-refractivity contribution in [2.45, 2.75) is 25.0 Å². The average molecular weight is 348 g/mol. The number of thiazole rings is 1. The van der Waals surface area contributed by atoms with Gasteiger partial charge in [-0.1, -0.05) is 18.7 Å². The number of sulfone groups is 1. The van der Waals surface area contributed by atoms with Crippen LogP contribution >= 0.6 is 23.1 Å². The quantitative estimate of drug-likeness (QED) is 0.848. The van der Waals surface area contributed by atoms with Crippen LogP contribution in [-0.4, -0.2) is 37.4 Å². The molecule has 9 heteroatoms. The fourth-order valence-corrected chi connectivity index (χ4v) is 4.83. The highest BCUT2D eigenvalue weighted by molar-refractivity contribution is 8.06. The van der Waals surface area contributed by atoms with Crippen LogP contribution in [0.1, 0.15) is 19.8 Å². The van der Waals surface area contributed by atoms with Crippen LogP contribution in [0.4, 0.5) is 5.13 Å². The van der Waals surface area contributed by atoms with Gasteiger partial charge >= 0.3 is 0 Å². The second-order valence-corrected chi connectivity index (χ2v) is 8.58. The Hall–Kier alpha value is -1.06. The molecule has 1 atom stereocenters. The summed E-state index contributed by atoms with van der Waals surface area (Å²) in [6.45, 7) is 2.37. The minimum absolute atomic E-state index is 0.153. The molecule has 0 spiro atoms. The van der Waals surface area contributed by atoms with Crippen molar-refractivity contribution in [2.24, 2.45) is 0 Å². The molecule has 21 heavy (non-hydrogen) atoms. The van der Waals surface area contributed by atoms with Crippen molar-refractivity contribution in [3.63, 3.8) is 0 Å². The van der Waals surface area contributed by atoms with Gasteiger partial charge in [0.1, 0.15) is 0 Å². The van der Waals surface area contributed by atoms with Crippen LogP contribution in [0.25, 0.3) is 0 Å². The van der Waals surface area contributed by atoms with Gasteiger partial charge in [-0.15, -0.1) is 11.3 Å². The van der Waals surface area contributed by atoms with Gasteiger partial charge in [0, 0.05) is 24.3 Å². The number of carbonyl (C=O) groups excluding carboxylic acids is 1. The summed E-state index contributed by atoms with van der Waals surface area (Å²) in [5, 5.41) is 4.78. The summed E-state index contributed by atoms with van der Waals surface area (Å²) < 4.78 is 29.1. The molecule has 1 aromatic heterocycles. The Kier molecular flexibility index (Phi) is 5.28. The van der Waals surface area contributed by atoms with Crippen molar-refractivity contribution in [3.8, 4) is 0 Å². The zero-order valence-corrected chi connectivity index (χ0v) is 14.1. The number of rotatable bonds is 6. The third kappa shape index (κ3) is 4.21. The molecule has 0 aliphatic carbocycles. The second-order valence-electron chi connectivity index (χ2n) is 4.47. The van der Waals surface area contributed by atoms with Gasteiger partial charge in [0.15, 0.2) is 20.1 Å². The molecule has 1 aliphatic rings. The molecule has 0 saturated carbocycles. The van der Waals surface area contributed by atoms with E-state index in [1.165, 1.54) is 11.3 Å². The van der Waals surface area contributed by atoms with E-state index in [-0.39, 0.29) is 17.2 Å². The lowest BCUT2D eigenvalue weighted by molar-refractivity contribution is -0.115. The van der Waals surface area contributed by atoms with E-state index >= 15 is 0 Å². The van der Waals surface area contributed by atoms with Crippen LogP contribution in [0, 0.1) is 0 Å². The van der Waals surface area contributed by atoms with Crippen LogP contribution in [0.3, 0.4) is 0 Å². The fraction of sp³-hybridized carbons (Fsp3) is 0.500. The van der Waals surface area contributed by atoms with E-state index in [0.29, 0.717) is 16.8 Å². The number of hydrogen-bond acceptors (Lipinski definition) is 7. The first-order chi connectivity index (χ1) is 9.91. The Morgan fingerprint density at radius 1 is 1.57 bits per heavy atom. The Morgan fingerprint density at radius 2 is 2.33 bits per heavy atom. The van der Waals surface area contributed by atoms with Gasteiger partial charge < -0.3 is 10.1 Å². The average Bonchev–Trinajstić information content (AvgIpc) is 3.04. The van der Waals surface area contributed by atoms with Crippen molar-refractivity contribution >= 4 is 44.0 Å². The first-order valence-electron chi connectivity index (χ1n) is 6.35. The Balaban J connectivity index is 2.08. The molecule has 116 valence electrons. The maximum Gasteiger partial charge on any atom is 0.240 e. The number of anilines is 1. The number of nitrogens with one attached hydrogen (secondary N) is 1. The molecule has 0 aromatic carbocycles. The van der Waals surface area contributed by atoms with Crippen molar-refractivity contribution in [3.05, 3.63) is 21.6 Å². The van der Waals surface area contributed by atoms with E-state index in [2.05, 4.69) is 10.3 Å². The van der Waals surface area contributed by atoms with Gasteiger partial charge in [0.2, 0.25) is 5.91 Å². The van der Waals surface area contributed by atoms with Crippen molar-refractivity contribution in [2.75, 3.05) is 18.2 Å². The van der Waals surface area contributed by atoms with E-state index in [1.54, 1.807) is 11.6 Å². The Labute approximate surface area is 131 Å². The molecule has 0 saturated heterocycles. The van der Waals surface area contributed by atoms with E-state index in [9.17, 15) is 13.2 Å². The third-order valence-corrected chi connectivity index (χ3v) is 6.00. The van der Waals surface area contributed by atoms with Crippen molar-refractivity contribution < 1.29 is 17.9 Å². The third-order valence-electron chi connectivity index (χ3n) is 2.69. The lowest BCUT2D eigenvalue weighted by Crippen LogP contribution is -2.24. The van der Waals surface area contributed by atoms with Crippen LogP contribution in [0.15, 0.2) is 21.6 Å². The number of ether oxygens (including phenoxy) is 1. The lowest BCUT2D eigenvalue weighted by Gasteiger charge is -2.09. The van der Waals surface area contributed by atoms with E-state index in [1.807, 2.05) is 6.92 Å². The first kappa shape index (κ1) is 16.3. The zero-order chi connectivity index (χ0) is 15.5. The summed E-state index contributed by atoms with van der Waals surface area (Å²) in [6, 6.07) is 0. The molecule has 1 amide bonds. The first-order valence-corrected chi connectivity index (χ1v) is 10.00. The molecule has 0 bridgehead atoms. The fourth-order valence-electron chi connectivity index (χ4n) is 1.72. The smallest absolute Gasteiger partial charge is 0.240 e. The molecule has 1 aromatic rings. The molecular formula is C12H16N2O4S3. The molecule has 2 rings (SSSR count). The van der Waals surface area contributed by atoms with Gasteiger partial charge in [0.25, 0.3) is 0 Å². The SMILES string of the molecule is CCCOC1=C(S(C)(=O)=O)CC(C(=O)Nc2nccs2)S1. The van der Waals surface area contributed by atoms with E-state index < -0.39 is 15.1 Å². The lowest BCUT2D eigenvalue weighted by atomic mass is 10.3. The van der Waals surface area contributed by atoms with Gasteiger partial charge in [-0.2, -0.15) is 0 Å². The molecule has 0 fully saturated rings. The number of carbonyl (C=O) groups is 1. The van der Waals surface area contributed by atoms with E-state index in [0.717, 1.165) is 24.4 Å². The van der Waals surface area contributed by atoms with Gasteiger partial charge in [0.05, 0.1) is 16.8 Å². The molecule has 6 nitrogen and oxygen atoms in total. The minimum atomic E-state index is -3.37. The second kappa shape index (κ2) is 6.80. The van der Waals surface area contributed by atoms with Gasteiger partial charge in [-0.05, 0) is 6.42 Å². The van der Waals surface area contributed by atoms with E-state index in [4.69, 9.17) is 4.74 Å². The highest BCUT2D eigenvalue weighted by atomic mass is 32.2. The van der Waals surface area contributed by atoms with Crippen LogP contribution in [0.2, 0.25) is 0 Å².